The number of nitrogens with zero attached hydrogens (tertiary/aromatic N) is 1. The Labute approximate surface area is 90.8 Å². The van der Waals surface area contributed by atoms with Gasteiger partial charge in [-0.05, 0) is 32.5 Å². The maximum atomic E-state index is 9.00. The predicted octanol–water partition coefficient (Wildman–Crippen LogP) is 0.745. The van der Waals surface area contributed by atoms with Crippen molar-refractivity contribution in [2.75, 3.05) is 19.6 Å². The van der Waals surface area contributed by atoms with Crippen LogP contribution in [0.4, 0.5) is 0 Å². The Morgan fingerprint density at radius 1 is 1.53 bits per heavy atom. The summed E-state index contributed by atoms with van der Waals surface area (Å²) >= 11 is 0. The largest absolute Gasteiger partial charge is 0.481 e. The zero-order chi connectivity index (χ0) is 11.8. The fraction of sp³-hybridized carbons (Fsp3) is 0.800. The molecule has 1 heterocycles. The highest BCUT2D eigenvalue weighted by Gasteiger charge is 2.19. The lowest BCUT2D eigenvalue weighted by atomic mass is 9.96. The van der Waals surface area contributed by atoms with Crippen LogP contribution in [0.1, 0.15) is 26.7 Å². The number of hydrogen-bond acceptors (Lipinski definition) is 3. The lowest BCUT2D eigenvalue weighted by Crippen LogP contribution is -2.38. The molecule has 0 saturated carbocycles. The first kappa shape index (κ1) is 13.9. The van der Waals surface area contributed by atoms with Crippen molar-refractivity contribution < 1.29 is 9.90 Å². The van der Waals surface area contributed by atoms with Crippen LogP contribution in [0.5, 0.6) is 0 Å². The fourth-order valence-electron chi connectivity index (χ4n) is 1.56. The molecule has 0 aromatic carbocycles. The average molecular weight is 215 g/mol. The van der Waals surface area contributed by atoms with E-state index in [2.05, 4.69) is 11.8 Å². The molecule has 0 aliphatic carbocycles. The Morgan fingerprint density at radius 2 is 1.93 bits per heavy atom. The Morgan fingerprint density at radius 3 is 2.20 bits per heavy atom. The third kappa shape index (κ3) is 6.90. The van der Waals surface area contributed by atoms with Crippen LogP contribution in [0.3, 0.4) is 0 Å². The van der Waals surface area contributed by atoms with E-state index in [9.17, 15) is 0 Å². The van der Waals surface area contributed by atoms with Crippen molar-refractivity contribution in [2.45, 2.75) is 26.7 Å². The zero-order valence-corrected chi connectivity index (χ0v) is 9.49. The molecular weight excluding hydrogens is 194 g/mol. The number of aliphatic carboxylic acids is 1. The van der Waals surface area contributed by atoms with Gasteiger partial charge in [0.25, 0.3) is 5.97 Å². The summed E-state index contributed by atoms with van der Waals surface area (Å²) in [7, 11) is 0. The molecule has 15 heavy (non-hydrogen) atoms. The molecule has 0 atom stereocenters. The van der Waals surface area contributed by atoms with Crippen molar-refractivity contribution in [1.29, 1.82) is 5.41 Å². The first-order valence-corrected chi connectivity index (χ1v) is 5.23. The maximum Gasteiger partial charge on any atom is 0.300 e. The molecule has 0 amide bonds. The normalized spacial score (nSPS) is 17.7. The van der Waals surface area contributed by atoms with Gasteiger partial charge in [-0.1, -0.05) is 6.92 Å². The summed E-state index contributed by atoms with van der Waals surface area (Å²) in [6.45, 7) is 6.61. The molecule has 88 valence electrons. The number of carboxylic acids is 1. The van der Waals surface area contributed by atoms with Crippen LogP contribution >= 0.6 is 0 Å². The van der Waals surface area contributed by atoms with E-state index in [1.165, 1.54) is 0 Å². The van der Waals surface area contributed by atoms with Gasteiger partial charge in [0.15, 0.2) is 0 Å². The number of carbonyl (C=O) groups is 1. The molecule has 1 fully saturated rings. The number of carboxylic acid groups (broad SMARTS) is 1. The van der Waals surface area contributed by atoms with Crippen molar-refractivity contribution in [3.05, 3.63) is 0 Å². The number of nitrogens with two attached hydrogens (primary N) is 1. The molecule has 0 radical (unpaired) electrons. The van der Waals surface area contributed by atoms with Gasteiger partial charge < -0.3 is 15.7 Å². The summed E-state index contributed by atoms with van der Waals surface area (Å²) in [5.41, 5.74) is 5.42. The van der Waals surface area contributed by atoms with E-state index in [-0.39, 0.29) is 0 Å². The molecule has 0 unspecified atom stereocenters. The molecule has 5 nitrogen and oxygen atoms in total. The Bertz CT molecular complexity index is 207. The molecule has 1 aliphatic rings. The number of rotatable bonds is 2. The molecule has 5 heteroatoms. The third-order valence-corrected chi connectivity index (χ3v) is 2.47. The van der Waals surface area contributed by atoms with E-state index in [4.69, 9.17) is 21.0 Å². The summed E-state index contributed by atoms with van der Waals surface area (Å²) in [5, 5.41) is 14.7. The summed E-state index contributed by atoms with van der Waals surface area (Å²) in [4.78, 5) is 11.4. The van der Waals surface area contributed by atoms with Gasteiger partial charge in [-0.25, -0.2) is 0 Å². The Hall–Kier alpha value is -1.10. The minimum absolute atomic E-state index is 0.359. The van der Waals surface area contributed by atoms with Crippen molar-refractivity contribution in [3.8, 4) is 0 Å². The summed E-state index contributed by atoms with van der Waals surface area (Å²) in [6, 6.07) is 0. The van der Waals surface area contributed by atoms with Crippen LogP contribution < -0.4 is 5.73 Å². The molecule has 0 aromatic rings. The van der Waals surface area contributed by atoms with Gasteiger partial charge in [0, 0.05) is 12.8 Å². The van der Waals surface area contributed by atoms with Crippen LogP contribution in [0, 0.1) is 11.3 Å². The zero-order valence-electron chi connectivity index (χ0n) is 9.49. The van der Waals surface area contributed by atoms with Gasteiger partial charge in [-0.15, -0.1) is 0 Å². The maximum absolute atomic E-state index is 9.00. The molecule has 0 spiro atoms. The van der Waals surface area contributed by atoms with E-state index < -0.39 is 5.97 Å². The number of likely N-dealkylation sites (tertiary alicyclic amines) is 1. The summed E-state index contributed by atoms with van der Waals surface area (Å²) in [5.74, 6) is -0.0986. The standard InChI is InChI=1S/C8H17N3.C2H4O2/c1-2-11-5-3-7(4-6-11)8(9)10;1-2(3)4/h7H,2-6H2,1H3,(H3,9,10);1H3,(H,3,4). The van der Waals surface area contributed by atoms with Crippen LogP contribution in [0.25, 0.3) is 0 Å². The highest BCUT2D eigenvalue weighted by molar-refractivity contribution is 5.79. The van der Waals surface area contributed by atoms with E-state index in [1.807, 2.05) is 0 Å². The molecule has 0 bridgehead atoms. The third-order valence-electron chi connectivity index (χ3n) is 2.47. The first-order chi connectivity index (χ1) is 6.97. The number of piperidine rings is 1. The first-order valence-electron chi connectivity index (χ1n) is 5.23. The van der Waals surface area contributed by atoms with Gasteiger partial charge in [0.05, 0.1) is 5.84 Å². The highest BCUT2D eigenvalue weighted by atomic mass is 16.4. The second-order valence-electron chi connectivity index (χ2n) is 3.68. The van der Waals surface area contributed by atoms with Crippen LogP contribution in [-0.2, 0) is 4.79 Å². The molecule has 1 rings (SSSR count). The number of nitrogens with one attached hydrogen (secondary N) is 1. The summed E-state index contributed by atoms with van der Waals surface area (Å²) in [6.07, 6.45) is 2.15. The molecule has 1 saturated heterocycles. The van der Waals surface area contributed by atoms with Crippen molar-refractivity contribution >= 4 is 11.8 Å². The van der Waals surface area contributed by atoms with E-state index in [0.29, 0.717) is 11.8 Å². The van der Waals surface area contributed by atoms with E-state index >= 15 is 0 Å². The Balaban J connectivity index is 0.000000423. The number of hydrogen-bond donors (Lipinski definition) is 3. The van der Waals surface area contributed by atoms with Gasteiger partial charge in [0.1, 0.15) is 0 Å². The lowest BCUT2D eigenvalue weighted by Gasteiger charge is -2.30. The lowest BCUT2D eigenvalue weighted by molar-refractivity contribution is -0.134. The van der Waals surface area contributed by atoms with Crippen molar-refractivity contribution in [1.82, 2.24) is 4.90 Å². The minimum atomic E-state index is -0.833. The van der Waals surface area contributed by atoms with Crippen LogP contribution in [0.15, 0.2) is 0 Å². The Kier molecular flexibility index (Phi) is 6.70. The molecule has 1 aliphatic heterocycles. The van der Waals surface area contributed by atoms with Gasteiger partial charge in [-0.2, -0.15) is 0 Å². The minimum Gasteiger partial charge on any atom is -0.481 e. The van der Waals surface area contributed by atoms with E-state index in [0.717, 1.165) is 39.4 Å². The van der Waals surface area contributed by atoms with Crippen LogP contribution in [-0.4, -0.2) is 41.4 Å². The fourth-order valence-corrected chi connectivity index (χ4v) is 1.56. The molecule has 4 N–H and O–H groups in total. The second-order valence-corrected chi connectivity index (χ2v) is 3.68. The van der Waals surface area contributed by atoms with Gasteiger partial charge in [0.2, 0.25) is 0 Å². The number of amidine groups is 1. The van der Waals surface area contributed by atoms with E-state index in [1.54, 1.807) is 0 Å². The van der Waals surface area contributed by atoms with Gasteiger partial charge in [-0.3, -0.25) is 10.2 Å². The summed E-state index contributed by atoms with van der Waals surface area (Å²) < 4.78 is 0. The molecule has 0 aromatic heterocycles. The van der Waals surface area contributed by atoms with Crippen molar-refractivity contribution in [2.24, 2.45) is 11.7 Å². The topological polar surface area (TPSA) is 90.4 Å². The monoisotopic (exact) mass is 215 g/mol. The highest BCUT2D eigenvalue weighted by Crippen LogP contribution is 2.15. The van der Waals surface area contributed by atoms with Crippen molar-refractivity contribution in [3.63, 3.8) is 0 Å². The SMILES string of the molecule is CC(=O)O.CCN1CCC(C(=N)N)CC1. The van der Waals surface area contributed by atoms with Crippen LogP contribution in [0.2, 0.25) is 0 Å². The molecular formula is C10H21N3O2. The quantitative estimate of drug-likeness (QED) is 0.468. The predicted molar refractivity (Wildman–Crippen MR) is 60.1 cm³/mol. The second kappa shape index (κ2) is 7.23. The smallest absolute Gasteiger partial charge is 0.300 e. The van der Waals surface area contributed by atoms with Gasteiger partial charge >= 0.3 is 0 Å². The average Bonchev–Trinajstić information content (AvgIpc) is 2.17.